The van der Waals surface area contributed by atoms with E-state index in [0.29, 0.717) is 12.0 Å². The second-order valence-electron chi connectivity index (χ2n) is 6.59. The van der Waals surface area contributed by atoms with Gasteiger partial charge in [0.1, 0.15) is 11.6 Å². The third-order valence-electron chi connectivity index (χ3n) is 4.49. The van der Waals surface area contributed by atoms with Crippen LogP contribution in [0.3, 0.4) is 0 Å². The molecule has 6 heteroatoms. The highest BCUT2D eigenvalue weighted by Crippen LogP contribution is 2.30. The first kappa shape index (κ1) is 16.3. The van der Waals surface area contributed by atoms with Crippen LogP contribution in [0.1, 0.15) is 48.3 Å². The number of hydrogen-bond acceptors (Lipinski definition) is 6. The summed E-state index contributed by atoms with van der Waals surface area (Å²) >= 11 is 1.67. The number of nitrogens with zero attached hydrogens (tertiary/aromatic N) is 4. The predicted octanol–water partition coefficient (Wildman–Crippen LogP) is 3.80. The molecule has 0 bridgehead atoms. The molecule has 0 saturated carbocycles. The van der Waals surface area contributed by atoms with Gasteiger partial charge in [-0.05, 0) is 47.6 Å². The van der Waals surface area contributed by atoms with Gasteiger partial charge < -0.3 is 10.2 Å². The van der Waals surface area contributed by atoms with E-state index in [0.717, 1.165) is 41.3 Å². The molecular weight excluding hydrogens is 306 g/mol. The Labute approximate surface area is 142 Å². The summed E-state index contributed by atoms with van der Waals surface area (Å²) < 4.78 is 0. The van der Waals surface area contributed by atoms with Crippen molar-refractivity contribution in [2.45, 2.75) is 53.0 Å². The monoisotopic (exact) mass is 331 g/mol. The molecule has 0 spiro atoms. The molecule has 23 heavy (non-hydrogen) atoms. The minimum absolute atomic E-state index is 0.499. The average molecular weight is 331 g/mol. The second-order valence-corrected chi connectivity index (χ2v) is 7.79. The molecule has 1 saturated heterocycles. The molecule has 5 nitrogen and oxygen atoms in total. The summed E-state index contributed by atoms with van der Waals surface area (Å²) in [6.45, 7) is 12.8. The van der Waals surface area contributed by atoms with Gasteiger partial charge in [-0.1, -0.05) is 0 Å². The number of hydrogen-bond donors (Lipinski definition) is 1. The highest BCUT2D eigenvalue weighted by molar-refractivity contribution is 7.15. The SMILES string of the molecule is Cc1nc(Nc2nc(C)c(C)s2)cc([C@H]2CCN(C(C)C)C2)n1. The zero-order valence-corrected chi connectivity index (χ0v) is 15.4. The predicted molar refractivity (Wildman–Crippen MR) is 95.7 cm³/mol. The van der Waals surface area contributed by atoms with Crippen LogP contribution in [0, 0.1) is 20.8 Å². The van der Waals surface area contributed by atoms with Crippen LogP contribution in [0.5, 0.6) is 0 Å². The number of likely N-dealkylation sites (tertiary alicyclic amines) is 1. The zero-order chi connectivity index (χ0) is 16.6. The van der Waals surface area contributed by atoms with Crippen molar-refractivity contribution < 1.29 is 0 Å². The van der Waals surface area contributed by atoms with E-state index in [4.69, 9.17) is 0 Å². The maximum absolute atomic E-state index is 4.68. The van der Waals surface area contributed by atoms with E-state index >= 15 is 0 Å². The van der Waals surface area contributed by atoms with E-state index < -0.39 is 0 Å². The number of aryl methyl sites for hydroxylation is 3. The van der Waals surface area contributed by atoms with Crippen LogP contribution >= 0.6 is 11.3 Å². The fourth-order valence-electron chi connectivity index (χ4n) is 3.00. The first-order valence-electron chi connectivity index (χ1n) is 8.23. The molecule has 1 fully saturated rings. The van der Waals surface area contributed by atoms with Gasteiger partial charge in [0.2, 0.25) is 0 Å². The Balaban J connectivity index is 1.79. The van der Waals surface area contributed by atoms with Crippen LogP contribution in [0.2, 0.25) is 0 Å². The highest BCUT2D eigenvalue weighted by Gasteiger charge is 2.27. The third-order valence-corrected chi connectivity index (χ3v) is 5.48. The molecule has 0 aliphatic carbocycles. The van der Waals surface area contributed by atoms with Crippen LogP contribution in [0.15, 0.2) is 6.07 Å². The number of nitrogens with one attached hydrogen (secondary N) is 1. The van der Waals surface area contributed by atoms with E-state index in [2.05, 4.69) is 52.0 Å². The van der Waals surface area contributed by atoms with Crippen LogP contribution in [0.4, 0.5) is 10.9 Å². The van der Waals surface area contributed by atoms with E-state index in [9.17, 15) is 0 Å². The molecule has 124 valence electrons. The quantitative estimate of drug-likeness (QED) is 0.923. The molecule has 1 aliphatic heterocycles. The minimum atomic E-state index is 0.499. The molecule has 0 unspecified atom stereocenters. The number of anilines is 2. The Morgan fingerprint density at radius 1 is 1.22 bits per heavy atom. The second kappa shape index (κ2) is 6.53. The average Bonchev–Trinajstić information content (AvgIpc) is 3.06. The van der Waals surface area contributed by atoms with Gasteiger partial charge >= 0.3 is 0 Å². The molecule has 1 N–H and O–H groups in total. The molecule has 0 aromatic carbocycles. The molecule has 3 rings (SSSR count). The van der Waals surface area contributed by atoms with Crippen molar-refractivity contribution in [3.05, 3.63) is 28.2 Å². The van der Waals surface area contributed by atoms with Gasteiger partial charge in [0, 0.05) is 29.4 Å². The Hall–Kier alpha value is -1.53. The van der Waals surface area contributed by atoms with Gasteiger partial charge in [0.15, 0.2) is 5.13 Å². The molecule has 1 aliphatic rings. The van der Waals surface area contributed by atoms with Gasteiger partial charge in [-0.25, -0.2) is 15.0 Å². The van der Waals surface area contributed by atoms with E-state index in [-0.39, 0.29) is 0 Å². The van der Waals surface area contributed by atoms with Crippen molar-refractivity contribution in [1.29, 1.82) is 0 Å². The summed E-state index contributed by atoms with van der Waals surface area (Å²) in [6.07, 6.45) is 1.17. The molecule has 2 aromatic heterocycles. The van der Waals surface area contributed by atoms with Crippen molar-refractivity contribution in [2.75, 3.05) is 18.4 Å². The summed E-state index contributed by atoms with van der Waals surface area (Å²) in [6, 6.07) is 2.69. The maximum atomic E-state index is 4.68. The molecule has 2 aromatic rings. The van der Waals surface area contributed by atoms with Crippen LogP contribution in [-0.4, -0.2) is 39.0 Å². The van der Waals surface area contributed by atoms with Crippen LogP contribution in [-0.2, 0) is 0 Å². The largest absolute Gasteiger partial charge is 0.316 e. The fourth-order valence-corrected chi connectivity index (χ4v) is 3.82. The van der Waals surface area contributed by atoms with E-state index in [1.165, 1.54) is 11.3 Å². The van der Waals surface area contributed by atoms with E-state index in [1.54, 1.807) is 11.3 Å². The standard InChI is InChI=1S/C17H25N5S/c1-10(2)22-7-6-14(9-22)15-8-16(20-13(5)19-15)21-17-18-11(3)12(4)23-17/h8,10,14H,6-7,9H2,1-5H3,(H,18,19,20,21)/t14-/m0/s1. The van der Waals surface area contributed by atoms with Crippen molar-refractivity contribution in [1.82, 2.24) is 19.9 Å². The molecular formula is C17H25N5S. The number of rotatable bonds is 4. The van der Waals surface area contributed by atoms with Gasteiger partial charge in [-0.3, -0.25) is 0 Å². The maximum Gasteiger partial charge on any atom is 0.188 e. The first-order chi connectivity index (χ1) is 10.9. The summed E-state index contributed by atoms with van der Waals surface area (Å²) in [4.78, 5) is 17.5. The van der Waals surface area contributed by atoms with Gasteiger partial charge in [-0.15, -0.1) is 11.3 Å². The Bertz CT molecular complexity index is 675. The molecule has 1 atom stereocenters. The Morgan fingerprint density at radius 3 is 2.61 bits per heavy atom. The van der Waals surface area contributed by atoms with Gasteiger partial charge in [0.05, 0.1) is 11.4 Å². The number of thiazole rings is 1. The lowest BCUT2D eigenvalue weighted by molar-refractivity contribution is 0.272. The van der Waals surface area contributed by atoms with Crippen LogP contribution < -0.4 is 5.32 Å². The smallest absolute Gasteiger partial charge is 0.188 e. The lowest BCUT2D eigenvalue weighted by Crippen LogP contribution is -2.28. The van der Waals surface area contributed by atoms with Gasteiger partial charge in [0.25, 0.3) is 0 Å². The minimum Gasteiger partial charge on any atom is -0.316 e. The lowest BCUT2D eigenvalue weighted by atomic mass is 10.0. The summed E-state index contributed by atoms with van der Waals surface area (Å²) in [5.41, 5.74) is 2.22. The summed E-state index contributed by atoms with van der Waals surface area (Å²) in [7, 11) is 0. The topological polar surface area (TPSA) is 53.9 Å². The fraction of sp³-hybridized carbons (Fsp3) is 0.588. The van der Waals surface area contributed by atoms with Crippen molar-refractivity contribution in [3.8, 4) is 0 Å². The summed E-state index contributed by atoms with van der Waals surface area (Å²) in [5, 5.41) is 4.25. The highest BCUT2D eigenvalue weighted by atomic mass is 32.1. The first-order valence-corrected chi connectivity index (χ1v) is 9.04. The number of aromatic nitrogens is 3. The molecule has 3 heterocycles. The van der Waals surface area contributed by atoms with E-state index in [1.807, 2.05) is 13.8 Å². The van der Waals surface area contributed by atoms with Crippen molar-refractivity contribution in [2.24, 2.45) is 0 Å². The normalized spacial score (nSPS) is 18.8. The third kappa shape index (κ3) is 3.70. The summed E-state index contributed by atoms with van der Waals surface area (Å²) in [5.74, 6) is 2.17. The lowest BCUT2D eigenvalue weighted by Gasteiger charge is -2.20. The van der Waals surface area contributed by atoms with Crippen molar-refractivity contribution >= 4 is 22.3 Å². The molecule has 0 radical (unpaired) electrons. The van der Waals surface area contributed by atoms with Crippen molar-refractivity contribution in [3.63, 3.8) is 0 Å². The zero-order valence-electron chi connectivity index (χ0n) is 14.6. The molecule has 0 amide bonds. The van der Waals surface area contributed by atoms with Gasteiger partial charge in [-0.2, -0.15) is 0 Å². The Kier molecular flexibility index (Phi) is 4.64. The van der Waals surface area contributed by atoms with Crippen LogP contribution in [0.25, 0.3) is 0 Å². The Morgan fingerprint density at radius 2 is 2.00 bits per heavy atom.